The highest BCUT2D eigenvalue weighted by Crippen LogP contribution is 2.32. The highest BCUT2D eigenvalue weighted by atomic mass is 16.2. The number of nitrogens with zero attached hydrogens (tertiary/aromatic N) is 4. The number of carbonyl (C=O) groups excluding carboxylic acids is 1. The number of hydrogen-bond acceptors (Lipinski definition) is 5. The van der Waals surface area contributed by atoms with Gasteiger partial charge >= 0.3 is 0 Å². The zero-order valence-electron chi connectivity index (χ0n) is 19.9. The molecule has 1 aliphatic heterocycles. The van der Waals surface area contributed by atoms with Crippen molar-refractivity contribution in [3.8, 4) is 0 Å². The zero-order valence-corrected chi connectivity index (χ0v) is 19.9. The van der Waals surface area contributed by atoms with Crippen molar-refractivity contribution in [2.45, 2.75) is 51.7 Å². The van der Waals surface area contributed by atoms with Crippen LogP contribution in [0.2, 0.25) is 0 Å². The van der Waals surface area contributed by atoms with Gasteiger partial charge in [0.25, 0.3) is 5.56 Å². The third-order valence-electron chi connectivity index (χ3n) is 6.54. The molecule has 0 bridgehead atoms. The van der Waals surface area contributed by atoms with Crippen molar-refractivity contribution in [1.82, 2.24) is 24.4 Å². The molecule has 0 saturated carbocycles. The molecule has 2 N–H and O–H groups in total. The molecular weight excluding hydrogens is 440 g/mol. The Hall–Kier alpha value is -3.94. The lowest BCUT2D eigenvalue weighted by atomic mass is 9.98. The molecule has 0 aliphatic carbocycles. The van der Waals surface area contributed by atoms with Crippen LogP contribution in [0.1, 0.15) is 30.4 Å². The second kappa shape index (κ2) is 10.1. The number of imidazole rings is 1. The number of rotatable bonds is 8. The van der Waals surface area contributed by atoms with Gasteiger partial charge in [-0.05, 0) is 50.1 Å². The molecule has 0 unspecified atom stereocenters. The molecule has 0 saturated heterocycles. The number of nitrogens with one attached hydrogen (secondary N) is 2. The van der Waals surface area contributed by atoms with Gasteiger partial charge in [-0.15, -0.1) is 0 Å². The molecule has 35 heavy (non-hydrogen) atoms. The summed E-state index contributed by atoms with van der Waals surface area (Å²) in [4.78, 5) is 34.4. The third-order valence-corrected chi connectivity index (χ3v) is 6.54. The molecule has 1 aliphatic rings. The summed E-state index contributed by atoms with van der Waals surface area (Å²) >= 11 is 0. The van der Waals surface area contributed by atoms with Crippen LogP contribution in [0.15, 0.2) is 65.7 Å². The fourth-order valence-electron chi connectivity index (χ4n) is 4.69. The predicted molar refractivity (Wildman–Crippen MR) is 136 cm³/mol. The average molecular weight is 471 g/mol. The van der Waals surface area contributed by atoms with Crippen LogP contribution in [0.5, 0.6) is 0 Å². The number of aromatic nitrogens is 4. The van der Waals surface area contributed by atoms with Gasteiger partial charge in [0.05, 0.1) is 11.0 Å². The maximum absolute atomic E-state index is 12.9. The lowest BCUT2D eigenvalue weighted by Crippen LogP contribution is -2.30. The highest BCUT2D eigenvalue weighted by Gasteiger charge is 2.22. The summed E-state index contributed by atoms with van der Waals surface area (Å²) in [5.74, 6) is 0.741. The summed E-state index contributed by atoms with van der Waals surface area (Å²) < 4.78 is 3.67. The van der Waals surface area contributed by atoms with Crippen molar-refractivity contribution in [3.05, 3.63) is 88.4 Å². The van der Waals surface area contributed by atoms with Crippen molar-refractivity contribution >= 4 is 22.6 Å². The van der Waals surface area contributed by atoms with E-state index >= 15 is 0 Å². The number of aryl methyl sites for hydroxylation is 3. The van der Waals surface area contributed by atoms with Gasteiger partial charge in [-0.3, -0.25) is 14.6 Å². The van der Waals surface area contributed by atoms with E-state index in [1.165, 1.54) is 5.56 Å². The number of anilines is 1. The Morgan fingerprint density at radius 2 is 2.03 bits per heavy atom. The lowest BCUT2D eigenvalue weighted by Gasteiger charge is -2.24. The number of amides is 1. The van der Waals surface area contributed by atoms with Gasteiger partial charge in [0.2, 0.25) is 5.91 Å². The van der Waals surface area contributed by atoms with E-state index < -0.39 is 0 Å². The Balaban J connectivity index is 1.39. The molecule has 1 aromatic carbocycles. The van der Waals surface area contributed by atoms with Crippen molar-refractivity contribution < 1.29 is 4.79 Å². The number of fused-ring (bicyclic) bond motifs is 3. The van der Waals surface area contributed by atoms with Crippen LogP contribution < -0.4 is 16.2 Å². The monoisotopic (exact) mass is 470 g/mol. The molecule has 0 radical (unpaired) electrons. The first-order valence-electron chi connectivity index (χ1n) is 12.2. The molecule has 5 rings (SSSR count). The molecule has 4 heterocycles. The van der Waals surface area contributed by atoms with Crippen LogP contribution in [0, 0.1) is 0 Å². The van der Waals surface area contributed by atoms with Crippen LogP contribution in [0.4, 0.5) is 5.69 Å². The molecule has 0 spiro atoms. The third kappa shape index (κ3) is 5.11. The minimum atomic E-state index is -0.0668. The molecule has 8 heteroatoms. The molecular formula is C27H30N6O2. The Labute approximate surface area is 204 Å². The summed E-state index contributed by atoms with van der Waals surface area (Å²) in [6.45, 7) is 3.39. The van der Waals surface area contributed by atoms with Crippen LogP contribution >= 0.6 is 0 Å². The summed E-state index contributed by atoms with van der Waals surface area (Å²) in [5.41, 5.74) is 5.12. The summed E-state index contributed by atoms with van der Waals surface area (Å²) in [5, 5.41) is 6.57. The minimum Gasteiger partial charge on any atom is -0.382 e. The Morgan fingerprint density at radius 3 is 2.86 bits per heavy atom. The summed E-state index contributed by atoms with van der Waals surface area (Å²) in [6.07, 6.45) is 6.77. The van der Waals surface area contributed by atoms with Crippen molar-refractivity contribution in [2.24, 2.45) is 0 Å². The van der Waals surface area contributed by atoms with Gasteiger partial charge in [0.15, 0.2) is 0 Å². The van der Waals surface area contributed by atoms with Crippen molar-refractivity contribution in [3.63, 3.8) is 0 Å². The molecule has 0 fully saturated rings. The standard InChI is InChI=1S/C27H30N6O2/c1-19-8-9-21-22(30-19)10-11-23-27(21)31-24(13-17-32-16-5-3-7-26(32)35)33(23)18-25(34)29-15-12-20-6-2-4-14-28-20/h2-7,10-11,14,16,19,30H,8-9,12-13,15,17-18H2,1H3,(H,29,34)/t19-/m0/s1. The fourth-order valence-corrected chi connectivity index (χ4v) is 4.69. The first-order valence-corrected chi connectivity index (χ1v) is 12.2. The molecule has 3 aromatic heterocycles. The predicted octanol–water partition coefficient (Wildman–Crippen LogP) is 2.94. The van der Waals surface area contributed by atoms with E-state index in [1.807, 2.05) is 34.9 Å². The second-order valence-corrected chi connectivity index (χ2v) is 9.06. The Morgan fingerprint density at radius 1 is 1.14 bits per heavy atom. The average Bonchev–Trinajstić information content (AvgIpc) is 3.21. The maximum Gasteiger partial charge on any atom is 0.250 e. The topological polar surface area (TPSA) is 93.8 Å². The molecule has 180 valence electrons. The second-order valence-electron chi connectivity index (χ2n) is 9.06. The van der Waals surface area contributed by atoms with E-state index in [2.05, 4.69) is 28.6 Å². The number of pyridine rings is 2. The number of benzene rings is 1. The minimum absolute atomic E-state index is 0.0435. The van der Waals surface area contributed by atoms with E-state index in [0.29, 0.717) is 32.0 Å². The SMILES string of the molecule is C[C@H]1CCc2c(ccc3c2nc(CCn2ccccc2=O)n3CC(=O)NCCc2ccccn2)N1. The van der Waals surface area contributed by atoms with Gasteiger partial charge < -0.3 is 19.8 Å². The van der Waals surface area contributed by atoms with E-state index in [1.54, 1.807) is 29.1 Å². The Kier molecular flexibility index (Phi) is 6.61. The molecule has 1 amide bonds. The van der Waals surface area contributed by atoms with Gasteiger partial charge in [0, 0.05) is 67.4 Å². The first-order chi connectivity index (χ1) is 17.1. The lowest BCUT2D eigenvalue weighted by molar-refractivity contribution is -0.121. The highest BCUT2D eigenvalue weighted by molar-refractivity contribution is 5.87. The quantitative estimate of drug-likeness (QED) is 0.413. The van der Waals surface area contributed by atoms with Crippen molar-refractivity contribution in [1.29, 1.82) is 0 Å². The normalized spacial score (nSPS) is 14.9. The van der Waals surface area contributed by atoms with E-state index in [0.717, 1.165) is 41.1 Å². The largest absolute Gasteiger partial charge is 0.382 e. The molecule has 1 atom stereocenters. The van der Waals surface area contributed by atoms with Gasteiger partial charge in [-0.25, -0.2) is 4.98 Å². The van der Waals surface area contributed by atoms with Gasteiger partial charge in [-0.1, -0.05) is 12.1 Å². The van der Waals surface area contributed by atoms with Crippen LogP contribution in [-0.2, 0) is 37.1 Å². The first kappa shape index (κ1) is 22.8. The number of carbonyl (C=O) groups is 1. The Bertz CT molecular complexity index is 1390. The number of hydrogen-bond donors (Lipinski definition) is 2. The summed E-state index contributed by atoms with van der Waals surface area (Å²) in [6, 6.07) is 15.5. The molecule has 4 aromatic rings. The zero-order chi connectivity index (χ0) is 24.2. The van der Waals surface area contributed by atoms with Gasteiger partial charge in [0.1, 0.15) is 12.4 Å². The van der Waals surface area contributed by atoms with Crippen molar-refractivity contribution in [2.75, 3.05) is 11.9 Å². The van der Waals surface area contributed by atoms with E-state index in [-0.39, 0.29) is 18.0 Å². The maximum atomic E-state index is 12.9. The van der Waals surface area contributed by atoms with Gasteiger partial charge in [-0.2, -0.15) is 0 Å². The fraction of sp³-hybridized carbons (Fsp3) is 0.333. The van der Waals surface area contributed by atoms with Crippen LogP contribution in [0.3, 0.4) is 0 Å². The molecule has 8 nitrogen and oxygen atoms in total. The van der Waals surface area contributed by atoms with E-state index in [9.17, 15) is 9.59 Å². The smallest absolute Gasteiger partial charge is 0.250 e. The van der Waals surface area contributed by atoms with Crippen LogP contribution in [0.25, 0.3) is 11.0 Å². The van der Waals surface area contributed by atoms with E-state index in [4.69, 9.17) is 4.98 Å². The van der Waals surface area contributed by atoms with Crippen LogP contribution in [-0.4, -0.2) is 37.6 Å². The summed E-state index contributed by atoms with van der Waals surface area (Å²) in [7, 11) is 0.